The molecule has 21 heavy (non-hydrogen) atoms. The van der Waals surface area contributed by atoms with E-state index in [1.165, 1.54) is 24.0 Å². The van der Waals surface area contributed by atoms with Gasteiger partial charge >= 0.3 is 0 Å². The van der Waals surface area contributed by atoms with E-state index in [2.05, 4.69) is 43.4 Å². The molecule has 1 atom stereocenters. The third-order valence-electron chi connectivity index (χ3n) is 4.32. The molecule has 1 aliphatic rings. The molecule has 0 aliphatic carbocycles. The third kappa shape index (κ3) is 4.85. The van der Waals surface area contributed by atoms with Crippen molar-refractivity contribution in [3.8, 4) is 0 Å². The van der Waals surface area contributed by atoms with E-state index in [9.17, 15) is 4.79 Å². The van der Waals surface area contributed by atoms with E-state index in [0.29, 0.717) is 6.54 Å². The third-order valence-corrected chi connectivity index (χ3v) is 4.32. The topological polar surface area (TPSA) is 32.3 Å². The molecule has 1 unspecified atom stereocenters. The number of likely N-dealkylation sites (tertiary alicyclic amines) is 1. The van der Waals surface area contributed by atoms with E-state index in [1.54, 1.807) is 0 Å². The molecule has 1 heterocycles. The van der Waals surface area contributed by atoms with Gasteiger partial charge in [0.1, 0.15) is 0 Å². The van der Waals surface area contributed by atoms with Gasteiger partial charge in [-0.2, -0.15) is 0 Å². The molecule has 1 N–H and O–H groups in total. The molecule has 1 amide bonds. The predicted octanol–water partition coefficient (Wildman–Crippen LogP) is 3.30. The average Bonchev–Trinajstić information content (AvgIpc) is 3.05. The quantitative estimate of drug-likeness (QED) is 0.835. The Morgan fingerprint density at radius 2 is 1.90 bits per heavy atom. The van der Waals surface area contributed by atoms with Crippen molar-refractivity contribution in [2.45, 2.75) is 52.0 Å². The lowest BCUT2D eigenvalue weighted by molar-refractivity contribution is -0.129. The second-order valence-electron chi connectivity index (χ2n) is 6.04. The van der Waals surface area contributed by atoms with Crippen LogP contribution in [0.1, 0.15) is 56.7 Å². The first-order valence-electron chi connectivity index (χ1n) is 8.30. The summed E-state index contributed by atoms with van der Waals surface area (Å²) in [6.45, 7) is 6.65. The maximum absolute atomic E-state index is 12.0. The summed E-state index contributed by atoms with van der Waals surface area (Å²) in [7, 11) is 0. The fourth-order valence-electron chi connectivity index (χ4n) is 2.79. The standard InChI is InChI=1S/C18H28N2O/c1-3-4-7-16-8-10-17(11-9-16)15(2)19-14-18(21)20-12-5-6-13-20/h8-11,15,19H,3-7,12-14H2,1-2H3. The summed E-state index contributed by atoms with van der Waals surface area (Å²) >= 11 is 0. The Balaban J connectivity index is 1.79. The van der Waals surface area contributed by atoms with Crippen LogP contribution in [0.15, 0.2) is 24.3 Å². The normalized spacial score (nSPS) is 16.2. The monoisotopic (exact) mass is 288 g/mol. The molecule has 2 rings (SSSR count). The van der Waals surface area contributed by atoms with Crippen molar-refractivity contribution >= 4 is 5.91 Å². The first-order valence-corrected chi connectivity index (χ1v) is 8.30. The summed E-state index contributed by atoms with van der Waals surface area (Å²) < 4.78 is 0. The van der Waals surface area contributed by atoms with Crippen molar-refractivity contribution in [1.29, 1.82) is 0 Å². The van der Waals surface area contributed by atoms with Crippen molar-refractivity contribution in [2.75, 3.05) is 19.6 Å². The van der Waals surface area contributed by atoms with Gasteiger partial charge in [0.15, 0.2) is 0 Å². The van der Waals surface area contributed by atoms with Gasteiger partial charge in [-0.3, -0.25) is 4.79 Å². The predicted molar refractivity (Wildman–Crippen MR) is 87.3 cm³/mol. The van der Waals surface area contributed by atoms with Crippen molar-refractivity contribution in [2.24, 2.45) is 0 Å². The second kappa shape index (κ2) is 8.18. The fraction of sp³-hybridized carbons (Fsp3) is 0.611. The van der Waals surface area contributed by atoms with Gasteiger partial charge in [-0.05, 0) is 43.7 Å². The van der Waals surface area contributed by atoms with Gasteiger partial charge in [0.05, 0.1) is 6.54 Å². The number of amides is 1. The minimum absolute atomic E-state index is 0.219. The minimum atomic E-state index is 0.219. The van der Waals surface area contributed by atoms with Crippen LogP contribution in [0, 0.1) is 0 Å². The molecule has 0 bridgehead atoms. The first-order chi connectivity index (χ1) is 10.2. The molecule has 0 radical (unpaired) electrons. The largest absolute Gasteiger partial charge is 0.342 e. The summed E-state index contributed by atoms with van der Waals surface area (Å²) in [5, 5.41) is 3.35. The van der Waals surface area contributed by atoms with E-state index < -0.39 is 0 Å². The van der Waals surface area contributed by atoms with Crippen molar-refractivity contribution < 1.29 is 4.79 Å². The van der Waals surface area contributed by atoms with Gasteiger partial charge in [0.25, 0.3) is 0 Å². The highest BCUT2D eigenvalue weighted by Gasteiger charge is 2.18. The molecule has 1 fully saturated rings. The number of nitrogens with one attached hydrogen (secondary N) is 1. The lowest BCUT2D eigenvalue weighted by Gasteiger charge is -2.19. The Morgan fingerprint density at radius 1 is 1.24 bits per heavy atom. The van der Waals surface area contributed by atoms with Crippen molar-refractivity contribution in [3.63, 3.8) is 0 Å². The number of unbranched alkanes of at least 4 members (excludes halogenated alkanes) is 1. The molecular formula is C18H28N2O. The molecule has 0 saturated carbocycles. The van der Waals surface area contributed by atoms with Crippen LogP contribution in [0.2, 0.25) is 0 Å². The zero-order valence-corrected chi connectivity index (χ0v) is 13.4. The molecule has 1 saturated heterocycles. The van der Waals surface area contributed by atoms with Gasteiger partial charge in [-0.1, -0.05) is 37.6 Å². The molecule has 0 spiro atoms. The van der Waals surface area contributed by atoms with Gasteiger partial charge in [-0.25, -0.2) is 0 Å². The zero-order chi connectivity index (χ0) is 15.1. The van der Waals surface area contributed by atoms with Crippen LogP contribution in [0.3, 0.4) is 0 Å². The summed E-state index contributed by atoms with van der Waals surface area (Å²) in [5.74, 6) is 0.235. The smallest absolute Gasteiger partial charge is 0.236 e. The Hall–Kier alpha value is -1.35. The van der Waals surface area contributed by atoms with Gasteiger partial charge in [0.2, 0.25) is 5.91 Å². The van der Waals surface area contributed by atoms with Gasteiger partial charge < -0.3 is 10.2 Å². The highest BCUT2D eigenvalue weighted by molar-refractivity contribution is 5.78. The maximum atomic E-state index is 12.0. The number of nitrogens with zero attached hydrogens (tertiary/aromatic N) is 1. The van der Waals surface area contributed by atoms with Crippen molar-refractivity contribution in [1.82, 2.24) is 10.2 Å². The fourth-order valence-corrected chi connectivity index (χ4v) is 2.79. The van der Waals surface area contributed by atoms with Crippen molar-refractivity contribution in [3.05, 3.63) is 35.4 Å². The van der Waals surface area contributed by atoms with E-state index in [1.807, 2.05) is 4.90 Å². The van der Waals surface area contributed by atoms with E-state index in [4.69, 9.17) is 0 Å². The Morgan fingerprint density at radius 3 is 2.52 bits per heavy atom. The van der Waals surface area contributed by atoms with Crippen LogP contribution < -0.4 is 5.32 Å². The van der Waals surface area contributed by atoms with E-state index in [0.717, 1.165) is 32.4 Å². The average molecular weight is 288 g/mol. The SMILES string of the molecule is CCCCc1ccc(C(C)NCC(=O)N2CCCC2)cc1. The van der Waals surface area contributed by atoms with Crippen LogP contribution >= 0.6 is 0 Å². The summed E-state index contributed by atoms with van der Waals surface area (Å²) in [5.41, 5.74) is 2.66. The number of rotatable bonds is 7. The summed E-state index contributed by atoms with van der Waals surface area (Å²) in [6.07, 6.45) is 5.95. The lowest BCUT2D eigenvalue weighted by atomic mass is 10.0. The van der Waals surface area contributed by atoms with E-state index >= 15 is 0 Å². The van der Waals surface area contributed by atoms with E-state index in [-0.39, 0.29) is 11.9 Å². The van der Waals surface area contributed by atoms with Crippen LogP contribution in [0.25, 0.3) is 0 Å². The second-order valence-corrected chi connectivity index (χ2v) is 6.04. The number of benzene rings is 1. The molecule has 3 heteroatoms. The number of carbonyl (C=O) groups is 1. The number of hydrogen-bond donors (Lipinski definition) is 1. The lowest BCUT2D eigenvalue weighted by Crippen LogP contribution is -2.37. The molecule has 1 aromatic rings. The molecular weight excluding hydrogens is 260 g/mol. The molecule has 1 aromatic carbocycles. The maximum Gasteiger partial charge on any atom is 0.236 e. The molecule has 3 nitrogen and oxygen atoms in total. The Kier molecular flexibility index (Phi) is 6.24. The Bertz CT molecular complexity index is 435. The number of carbonyl (C=O) groups excluding carboxylic acids is 1. The van der Waals surface area contributed by atoms with Gasteiger partial charge in [0, 0.05) is 19.1 Å². The zero-order valence-electron chi connectivity index (χ0n) is 13.4. The van der Waals surface area contributed by atoms with Crippen LogP contribution in [0.4, 0.5) is 0 Å². The minimum Gasteiger partial charge on any atom is -0.342 e. The highest BCUT2D eigenvalue weighted by Crippen LogP contribution is 2.15. The van der Waals surface area contributed by atoms with Crippen LogP contribution in [0.5, 0.6) is 0 Å². The molecule has 0 aromatic heterocycles. The molecule has 116 valence electrons. The first kappa shape index (κ1) is 16.0. The molecule has 1 aliphatic heterocycles. The number of aryl methyl sites for hydroxylation is 1. The van der Waals surface area contributed by atoms with Gasteiger partial charge in [-0.15, -0.1) is 0 Å². The highest BCUT2D eigenvalue weighted by atomic mass is 16.2. The summed E-state index contributed by atoms with van der Waals surface area (Å²) in [4.78, 5) is 14.0. The Labute approximate surface area is 128 Å². The number of hydrogen-bond acceptors (Lipinski definition) is 2. The summed E-state index contributed by atoms with van der Waals surface area (Å²) in [6, 6.07) is 9.01. The van der Waals surface area contributed by atoms with Crippen LogP contribution in [-0.4, -0.2) is 30.4 Å². The van der Waals surface area contributed by atoms with Crippen LogP contribution in [-0.2, 0) is 11.2 Å².